The third kappa shape index (κ3) is 2.63. The average Bonchev–Trinajstić information content (AvgIpc) is 2.56. The van der Waals surface area contributed by atoms with Crippen LogP contribution in [0.3, 0.4) is 0 Å². The molecule has 0 saturated carbocycles. The van der Waals surface area contributed by atoms with E-state index in [0.29, 0.717) is 23.7 Å². The minimum atomic E-state index is -3.98. The maximum absolute atomic E-state index is 13.0. The van der Waals surface area contributed by atoms with Gasteiger partial charge in [-0.3, -0.25) is 4.90 Å². The number of nitrogens with zero attached hydrogens (tertiary/aromatic N) is 2. The number of methoxy groups -OCH3 is 1. The summed E-state index contributed by atoms with van der Waals surface area (Å²) in [7, 11) is -2.49. The predicted octanol–water partition coefficient (Wildman–Crippen LogP) is 3.46. The number of ether oxygens (including phenoxy) is 1. The van der Waals surface area contributed by atoms with Crippen LogP contribution in [0.5, 0.6) is 5.75 Å². The number of amides is 2. The van der Waals surface area contributed by atoms with E-state index >= 15 is 0 Å². The van der Waals surface area contributed by atoms with Gasteiger partial charge in [0.1, 0.15) is 10.6 Å². The van der Waals surface area contributed by atoms with E-state index < -0.39 is 16.1 Å². The van der Waals surface area contributed by atoms with Crippen molar-refractivity contribution >= 4 is 50.0 Å². The highest BCUT2D eigenvalue weighted by molar-refractivity contribution is 14.1. The fourth-order valence-corrected chi connectivity index (χ4v) is 4.53. The number of hydrogen-bond donors (Lipinski definition) is 0. The summed E-state index contributed by atoms with van der Waals surface area (Å²) in [4.78, 5) is 14.4. The maximum Gasteiger partial charge on any atom is 0.343 e. The van der Waals surface area contributed by atoms with Crippen LogP contribution < -0.4 is 13.9 Å². The second kappa shape index (κ2) is 6.25. The van der Waals surface area contributed by atoms with Crippen molar-refractivity contribution in [1.82, 2.24) is 0 Å². The number of halogens is 1. The summed E-state index contributed by atoms with van der Waals surface area (Å²) in [6.45, 7) is 2.14. The molecule has 2 aromatic carbocycles. The first-order valence-corrected chi connectivity index (χ1v) is 9.72. The number of carbonyl (C=O) groups is 1. The van der Waals surface area contributed by atoms with Gasteiger partial charge in [0.25, 0.3) is 10.0 Å². The molecule has 1 aliphatic heterocycles. The molecule has 2 amide bonds. The number of hydrogen-bond acceptors (Lipinski definition) is 4. The molecule has 126 valence electrons. The number of benzene rings is 2. The zero-order valence-corrected chi connectivity index (χ0v) is 16.0. The second-order valence-corrected chi connectivity index (χ2v) is 8.11. The van der Waals surface area contributed by atoms with Crippen LogP contribution in [0, 0.1) is 3.57 Å². The van der Waals surface area contributed by atoms with Gasteiger partial charge in [0, 0.05) is 16.2 Å². The summed E-state index contributed by atoms with van der Waals surface area (Å²) in [5.74, 6) is 0.498. The Kier molecular flexibility index (Phi) is 4.43. The van der Waals surface area contributed by atoms with Crippen LogP contribution >= 0.6 is 22.6 Å². The predicted molar refractivity (Wildman–Crippen MR) is 100 cm³/mol. The van der Waals surface area contributed by atoms with Crippen molar-refractivity contribution in [1.29, 1.82) is 0 Å². The number of sulfonamides is 1. The van der Waals surface area contributed by atoms with Gasteiger partial charge in [-0.1, -0.05) is 0 Å². The lowest BCUT2D eigenvalue weighted by molar-refractivity contribution is 0.254. The molecule has 1 aliphatic rings. The zero-order chi connectivity index (χ0) is 17.5. The summed E-state index contributed by atoms with van der Waals surface area (Å²) in [5, 5.41) is 0. The normalized spacial score (nSPS) is 16.0. The van der Waals surface area contributed by atoms with Gasteiger partial charge in [-0.05, 0) is 65.9 Å². The minimum absolute atomic E-state index is 0.0864. The van der Waals surface area contributed by atoms with Crippen LogP contribution in [0.2, 0.25) is 0 Å². The first-order valence-electron chi connectivity index (χ1n) is 7.20. The van der Waals surface area contributed by atoms with Gasteiger partial charge >= 0.3 is 6.03 Å². The average molecular weight is 458 g/mol. The number of carbonyl (C=O) groups excluding carboxylic acids is 1. The van der Waals surface area contributed by atoms with E-state index in [-0.39, 0.29) is 4.90 Å². The maximum atomic E-state index is 13.0. The SMILES string of the molecule is CCN1C(=O)N(c2ccc(I)cc2)S(=O)(=O)c2ccc(OC)cc21. The van der Waals surface area contributed by atoms with Crippen molar-refractivity contribution in [2.24, 2.45) is 0 Å². The van der Waals surface area contributed by atoms with Crippen molar-refractivity contribution in [3.63, 3.8) is 0 Å². The lowest BCUT2D eigenvalue weighted by atomic mass is 10.2. The molecule has 0 spiro atoms. The van der Waals surface area contributed by atoms with E-state index in [2.05, 4.69) is 22.6 Å². The number of rotatable bonds is 3. The van der Waals surface area contributed by atoms with E-state index in [0.717, 1.165) is 7.88 Å². The molecular weight excluding hydrogens is 443 g/mol. The van der Waals surface area contributed by atoms with Crippen molar-refractivity contribution in [3.05, 3.63) is 46.0 Å². The summed E-state index contributed by atoms with van der Waals surface area (Å²) < 4.78 is 33.0. The molecule has 0 aromatic heterocycles. The van der Waals surface area contributed by atoms with Gasteiger partial charge in [-0.2, -0.15) is 4.31 Å². The van der Waals surface area contributed by atoms with Gasteiger partial charge in [-0.25, -0.2) is 13.2 Å². The lowest BCUT2D eigenvalue weighted by Gasteiger charge is -2.35. The van der Waals surface area contributed by atoms with E-state index in [1.807, 2.05) is 0 Å². The highest BCUT2D eigenvalue weighted by atomic mass is 127. The highest BCUT2D eigenvalue weighted by Gasteiger charge is 2.42. The lowest BCUT2D eigenvalue weighted by Crippen LogP contribution is -2.51. The van der Waals surface area contributed by atoms with Crippen LogP contribution in [0.1, 0.15) is 6.92 Å². The van der Waals surface area contributed by atoms with E-state index in [9.17, 15) is 13.2 Å². The number of urea groups is 1. The summed E-state index contributed by atoms with van der Waals surface area (Å²) in [6, 6.07) is 10.8. The fraction of sp³-hybridized carbons (Fsp3) is 0.188. The van der Waals surface area contributed by atoms with Gasteiger partial charge in [0.15, 0.2) is 0 Å². The largest absolute Gasteiger partial charge is 0.497 e. The second-order valence-electron chi connectivity index (χ2n) is 5.11. The third-order valence-corrected chi connectivity index (χ3v) is 6.23. The Bertz CT molecular complexity index is 897. The van der Waals surface area contributed by atoms with Gasteiger partial charge in [0.2, 0.25) is 0 Å². The highest BCUT2D eigenvalue weighted by Crippen LogP contribution is 2.39. The van der Waals surface area contributed by atoms with Crippen molar-refractivity contribution in [2.45, 2.75) is 11.8 Å². The summed E-state index contributed by atoms with van der Waals surface area (Å²) in [5.41, 5.74) is 0.656. The van der Waals surface area contributed by atoms with E-state index in [1.54, 1.807) is 43.3 Å². The smallest absolute Gasteiger partial charge is 0.343 e. The van der Waals surface area contributed by atoms with Crippen LogP contribution in [-0.4, -0.2) is 28.1 Å². The van der Waals surface area contributed by atoms with E-state index in [4.69, 9.17) is 4.74 Å². The topological polar surface area (TPSA) is 66.9 Å². The number of anilines is 2. The molecular formula is C16H15IN2O4S. The molecule has 0 fully saturated rings. The first-order chi connectivity index (χ1) is 11.4. The van der Waals surface area contributed by atoms with Crippen molar-refractivity contribution in [3.8, 4) is 5.75 Å². The molecule has 24 heavy (non-hydrogen) atoms. The fourth-order valence-electron chi connectivity index (χ4n) is 2.60. The Morgan fingerprint density at radius 1 is 1.12 bits per heavy atom. The van der Waals surface area contributed by atoms with Crippen LogP contribution in [0.15, 0.2) is 47.4 Å². The molecule has 2 aromatic rings. The molecule has 1 heterocycles. The van der Waals surface area contributed by atoms with Crippen molar-refractivity contribution in [2.75, 3.05) is 22.9 Å². The minimum Gasteiger partial charge on any atom is -0.497 e. The van der Waals surface area contributed by atoms with Crippen LogP contribution in [0.25, 0.3) is 0 Å². The Labute approximate surface area is 154 Å². The summed E-state index contributed by atoms with van der Waals surface area (Å²) >= 11 is 2.12. The molecule has 0 saturated heterocycles. The molecule has 8 heteroatoms. The molecule has 0 N–H and O–H groups in total. The van der Waals surface area contributed by atoms with Crippen molar-refractivity contribution < 1.29 is 17.9 Å². The molecule has 0 aliphatic carbocycles. The molecule has 6 nitrogen and oxygen atoms in total. The quantitative estimate of drug-likeness (QED) is 0.661. The number of fused-ring (bicyclic) bond motifs is 1. The Balaban J connectivity index is 2.23. The molecule has 0 radical (unpaired) electrons. The van der Waals surface area contributed by atoms with Gasteiger partial charge in [0.05, 0.1) is 18.5 Å². The first kappa shape index (κ1) is 17.0. The monoisotopic (exact) mass is 458 g/mol. The summed E-state index contributed by atoms with van der Waals surface area (Å²) in [6.07, 6.45) is 0. The van der Waals surface area contributed by atoms with Gasteiger partial charge in [-0.15, -0.1) is 0 Å². The molecule has 0 unspecified atom stereocenters. The van der Waals surface area contributed by atoms with Crippen LogP contribution in [-0.2, 0) is 10.0 Å². The van der Waals surface area contributed by atoms with Gasteiger partial charge < -0.3 is 4.74 Å². The Morgan fingerprint density at radius 2 is 1.79 bits per heavy atom. The molecule has 3 rings (SSSR count). The van der Waals surface area contributed by atoms with E-state index in [1.165, 1.54) is 18.1 Å². The Morgan fingerprint density at radius 3 is 2.38 bits per heavy atom. The third-order valence-electron chi connectivity index (χ3n) is 3.76. The molecule has 0 atom stereocenters. The standard InChI is InChI=1S/C16H15IN2O4S/c1-3-18-14-10-13(23-2)8-9-15(14)24(21,22)19(16(18)20)12-6-4-11(17)5-7-12/h4-10H,3H2,1-2H3. The zero-order valence-electron chi connectivity index (χ0n) is 13.1. The molecule has 0 bridgehead atoms. The van der Waals surface area contributed by atoms with Crippen LogP contribution in [0.4, 0.5) is 16.2 Å². The Hall–Kier alpha value is -1.81.